The summed E-state index contributed by atoms with van der Waals surface area (Å²) in [5.74, 6) is 4.76. The highest BCUT2D eigenvalue weighted by Crippen LogP contribution is 2.58. The Kier molecular flexibility index (Phi) is 4.41. The maximum atomic E-state index is 5.69. The van der Waals surface area contributed by atoms with E-state index in [0.29, 0.717) is 0 Å². The summed E-state index contributed by atoms with van der Waals surface area (Å²) in [7, 11) is 1.04. The van der Waals surface area contributed by atoms with Crippen molar-refractivity contribution in [3.63, 3.8) is 0 Å². The third kappa shape index (κ3) is 2.46. The van der Waals surface area contributed by atoms with Gasteiger partial charge in [-0.05, 0) is 40.2 Å². The Labute approximate surface area is 118 Å². The van der Waals surface area contributed by atoms with Crippen molar-refractivity contribution in [2.24, 2.45) is 0 Å². The SMILES string of the molecule is CCS(CC)(CC)c1cc2ccccc2cc1OC. The number of hydrogen-bond donors (Lipinski definition) is 0. The van der Waals surface area contributed by atoms with Crippen LogP contribution in [0.2, 0.25) is 0 Å². The summed E-state index contributed by atoms with van der Waals surface area (Å²) in [5.41, 5.74) is 0. The summed E-state index contributed by atoms with van der Waals surface area (Å²) >= 11 is 0. The van der Waals surface area contributed by atoms with Crippen LogP contribution in [0.4, 0.5) is 0 Å². The van der Waals surface area contributed by atoms with Crippen molar-refractivity contribution in [2.75, 3.05) is 24.4 Å². The highest BCUT2D eigenvalue weighted by atomic mass is 32.3. The Balaban J connectivity index is 2.70. The Morgan fingerprint density at radius 3 is 1.89 bits per heavy atom. The molecule has 19 heavy (non-hydrogen) atoms. The maximum absolute atomic E-state index is 5.69. The van der Waals surface area contributed by atoms with E-state index in [1.807, 2.05) is 0 Å². The fraction of sp³-hybridized carbons (Fsp3) is 0.412. The van der Waals surface area contributed by atoms with E-state index in [0.717, 1.165) is 5.75 Å². The Morgan fingerprint density at radius 2 is 1.42 bits per heavy atom. The van der Waals surface area contributed by atoms with Crippen LogP contribution in [0.3, 0.4) is 0 Å². The highest BCUT2D eigenvalue weighted by molar-refractivity contribution is 8.33. The minimum atomic E-state index is -0.748. The molecule has 0 atom stereocenters. The van der Waals surface area contributed by atoms with E-state index in [4.69, 9.17) is 4.74 Å². The second kappa shape index (κ2) is 5.87. The zero-order valence-electron chi connectivity index (χ0n) is 12.4. The Bertz CT molecular complexity index is 550. The molecule has 0 aliphatic carbocycles. The summed E-state index contributed by atoms with van der Waals surface area (Å²) in [4.78, 5) is 1.45. The minimum absolute atomic E-state index is 0.748. The zero-order chi connectivity index (χ0) is 13.9. The third-order valence-electron chi connectivity index (χ3n) is 4.16. The van der Waals surface area contributed by atoms with Gasteiger partial charge in [0.2, 0.25) is 0 Å². The van der Waals surface area contributed by atoms with Crippen LogP contribution in [0, 0.1) is 0 Å². The molecule has 0 radical (unpaired) electrons. The molecule has 0 aliphatic heterocycles. The van der Waals surface area contributed by atoms with E-state index in [2.05, 4.69) is 57.2 Å². The van der Waals surface area contributed by atoms with Gasteiger partial charge in [0.05, 0.1) is 7.11 Å². The van der Waals surface area contributed by atoms with Crippen molar-refractivity contribution in [2.45, 2.75) is 25.7 Å². The molecule has 0 unspecified atom stereocenters. The predicted octanol–water partition coefficient (Wildman–Crippen LogP) is 5.07. The molecule has 2 aromatic carbocycles. The molecule has 0 aromatic heterocycles. The molecule has 0 heterocycles. The summed E-state index contributed by atoms with van der Waals surface area (Å²) in [6.07, 6.45) is 0. The van der Waals surface area contributed by atoms with Crippen molar-refractivity contribution in [3.05, 3.63) is 36.4 Å². The molecule has 104 valence electrons. The lowest BCUT2D eigenvalue weighted by Gasteiger charge is -2.38. The second-order valence-corrected chi connectivity index (χ2v) is 9.02. The fourth-order valence-electron chi connectivity index (χ4n) is 2.78. The first-order valence-electron chi connectivity index (χ1n) is 7.04. The monoisotopic (exact) mass is 276 g/mol. The van der Waals surface area contributed by atoms with Crippen molar-refractivity contribution in [1.29, 1.82) is 0 Å². The van der Waals surface area contributed by atoms with E-state index in [1.165, 1.54) is 32.9 Å². The van der Waals surface area contributed by atoms with Crippen LogP contribution in [0.5, 0.6) is 5.75 Å². The van der Waals surface area contributed by atoms with Gasteiger partial charge in [-0.1, -0.05) is 45.0 Å². The van der Waals surface area contributed by atoms with E-state index >= 15 is 0 Å². The van der Waals surface area contributed by atoms with Gasteiger partial charge in [0.1, 0.15) is 5.75 Å². The van der Waals surface area contributed by atoms with Gasteiger partial charge in [0.15, 0.2) is 0 Å². The quantitative estimate of drug-likeness (QED) is 0.740. The standard InChI is InChI=1S/C17H24OS/c1-5-19(6-2,7-3)17-13-15-11-9-8-10-14(15)12-16(17)18-4/h8-13H,5-7H2,1-4H3. The molecule has 0 saturated heterocycles. The van der Waals surface area contributed by atoms with Crippen LogP contribution in [-0.4, -0.2) is 24.4 Å². The lowest BCUT2D eigenvalue weighted by molar-refractivity contribution is 0.405. The smallest absolute Gasteiger partial charge is 0.131 e. The first-order chi connectivity index (χ1) is 9.20. The van der Waals surface area contributed by atoms with Gasteiger partial charge in [0.25, 0.3) is 0 Å². The fourth-order valence-corrected chi connectivity index (χ4v) is 5.88. The van der Waals surface area contributed by atoms with Gasteiger partial charge in [-0.3, -0.25) is 0 Å². The molecule has 2 heteroatoms. The van der Waals surface area contributed by atoms with E-state index in [1.54, 1.807) is 7.11 Å². The number of rotatable bonds is 5. The minimum Gasteiger partial charge on any atom is -0.496 e. The number of ether oxygens (including phenoxy) is 1. The Hall–Kier alpha value is -1.15. The predicted molar refractivity (Wildman–Crippen MR) is 88.0 cm³/mol. The molecule has 0 fully saturated rings. The molecular weight excluding hydrogens is 252 g/mol. The summed E-state index contributed by atoms with van der Waals surface area (Å²) < 4.78 is 5.69. The number of methoxy groups -OCH3 is 1. The molecule has 0 amide bonds. The van der Waals surface area contributed by atoms with Crippen LogP contribution in [0.15, 0.2) is 41.3 Å². The van der Waals surface area contributed by atoms with Crippen molar-refractivity contribution < 1.29 is 4.74 Å². The molecule has 0 aliphatic rings. The largest absolute Gasteiger partial charge is 0.496 e. The van der Waals surface area contributed by atoms with Crippen molar-refractivity contribution in [3.8, 4) is 5.75 Å². The molecule has 0 spiro atoms. The number of benzene rings is 2. The van der Waals surface area contributed by atoms with Gasteiger partial charge >= 0.3 is 0 Å². The van der Waals surface area contributed by atoms with Gasteiger partial charge in [-0.2, -0.15) is 0 Å². The topological polar surface area (TPSA) is 9.23 Å². The summed E-state index contributed by atoms with van der Waals surface area (Å²) in [6, 6.07) is 13.1. The third-order valence-corrected chi connectivity index (χ3v) is 8.72. The molecule has 0 N–H and O–H groups in total. The number of hydrogen-bond acceptors (Lipinski definition) is 1. The lowest BCUT2D eigenvalue weighted by atomic mass is 10.1. The first kappa shape index (κ1) is 14.3. The highest BCUT2D eigenvalue weighted by Gasteiger charge is 2.24. The molecule has 0 bridgehead atoms. The zero-order valence-corrected chi connectivity index (χ0v) is 13.2. The maximum Gasteiger partial charge on any atom is 0.131 e. The number of fused-ring (bicyclic) bond motifs is 1. The van der Waals surface area contributed by atoms with Crippen LogP contribution in [0.1, 0.15) is 20.8 Å². The van der Waals surface area contributed by atoms with Crippen molar-refractivity contribution >= 4 is 20.8 Å². The van der Waals surface area contributed by atoms with Crippen LogP contribution in [0.25, 0.3) is 10.8 Å². The van der Waals surface area contributed by atoms with Crippen LogP contribution >= 0.6 is 10.0 Å². The van der Waals surface area contributed by atoms with Gasteiger partial charge in [-0.25, -0.2) is 10.0 Å². The van der Waals surface area contributed by atoms with Crippen molar-refractivity contribution in [1.82, 2.24) is 0 Å². The average Bonchev–Trinajstić information content (AvgIpc) is 2.49. The van der Waals surface area contributed by atoms with E-state index in [-0.39, 0.29) is 0 Å². The molecule has 2 rings (SSSR count). The van der Waals surface area contributed by atoms with Gasteiger partial charge < -0.3 is 4.74 Å². The Morgan fingerprint density at radius 1 is 0.895 bits per heavy atom. The second-order valence-electron chi connectivity index (χ2n) is 4.76. The van der Waals surface area contributed by atoms with E-state index in [9.17, 15) is 0 Å². The van der Waals surface area contributed by atoms with Gasteiger partial charge in [-0.15, -0.1) is 0 Å². The van der Waals surface area contributed by atoms with Crippen LogP contribution < -0.4 is 4.74 Å². The molecule has 1 nitrogen and oxygen atoms in total. The summed E-state index contributed by atoms with van der Waals surface area (Å²) in [6.45, 7) is 6.95. The van der Waals surface area contributed by atoms with Crippen LogP contribution in [-0.2, 0) is 0 Å². The lowest BCUT2D eigenvalue weighted by Crippen LogP contribution is -2.10. The van der Waals surface area contributed by atoms with E-state index < -0.39 is 10.0 Å². The molecular formula is C17H24OS. The summed E-state index contributed by atoms with van der Waals surface area (Å²) in [5, 5.41) is 2.59. The average molecular weight is 276 g/mol. The van der Waals surface area contributed by atoms with Gasteiger partial charge in [0, 0.05) is 4.90 Å². The molecule has 2 aromatic rings. The molecule has 0 saturated carbocycles. The normalized spacial score (nSPS) is 12.6. The first-order valence-corrected chi connectivity index (χ1v) is 9.18.